The number of nitrogens with one attached hydrogen (secondary N) is 1. The van der Waals surface area contributed by atoms with Crippen molar-refractivity contribution >= 4 is 0 Å². The molecule has 2 nitrogen and oxygen atoms in total. The summed E-state index contributed by atoms with van der Waals surface area (Å²) in [5.74, 6) is 1.29. The second kappa shape index (κ2) is 4.22. The highest BCUT2D eigenvalue weighted by molar-refractivity contribution is 5.33. The number of hydrogen-bond donors (Lipinski definition) is 1. The molecular weight excluding hydrogens is 186 g/mol. The van der Waals surface area contributed by atoms with E-state index < -0.39 is 0 Å². The van der Waals surface area contributed by atoms with E-state index in [1.165, 1.54) is 11.3 Å². The topological polar surface area (TPSA) is 25.0 Å². The summed E-state index contributed by atoms with van der Waals surface area (Å²) in [7, 11) is 1.68. The lowest BCUT2D eigenvalue weighted by atomic mass is 9.98. The fourth-order valence-electron chi connectivity index (χ4n) is 1.69. The van der Waals surface area contributed by atoms with Gasteiger partial charge in [0.1, 0.15) is 5.75 Å². The molecule has 0 bridgehead atoms. The summed E-state index contributed by atoms with van der Waals surface area (Å²) >= 11 is 0. The van der Waals surface area contributed by atoms with Crippen LogP contribution < -0.4 is 4.74 Å². The Morgan fingerprint density at radius 1 is 1.13 bits per heavy atom. The highest BCUT2D eigenvalue weighted by Crippen LogP contribution is 2.24. The summed E-state index contributed by atoms with van der Waals surface area (Å²) in [6.07, 6.45) is 1.95. The Morgan fingerprint density at radius 2 is 1.87 bits per heavy atom. The zero-order valence-corrected chi connectivity index (χ0v) is 9.03. The minimum atomic E-state index is 0.394. The third-order valence-electron chi connectivity index (χ3n) is 2.70. The summed E-state index contributed by atoms with van der Waals surface area (Å²) in [5.41, 5.74) is 2.53. The molecule has 1 heterocycles. The molecule has 2 heteroatoms. The van der Waals surface area contributed by atoms with Gasteiger partial charge in [0.25, 0.3) is 0 Å². The zero-order valence-electron chi connectivity index (χ0n) is 9.03. The van der Waals surface area contributed by atoms with Crippen LogP contribution in [0.15, 0.2) is 42.6 Å². The van der Waals surface area contributed by atoms with Crippen LogP contribution in [0.25, 0.3) is 0 Å². The number of ether oxygens (including phenoxy) is 1. The third-order valence-corrected chi connectivity index (χ3v) is 2.70. The van der Waals surface area contributed by atoms with E-state index in [0.717, 1.165) is 5.75 Å². The largest absolute Gasteiger partial charge is 0.497 e. The van der Waals surface area contributed by atoms with Crippen molar-refractivity contribution in [3.05, 3.63) is 53.9 Å². The SMILES string of the molecule is COc1ccc([C@H](C)c2ccc[nH]2)cc1. The Bertz CT molecular complexity index is 403. The second-order valence-corrected chi connectivity index (χ2v) is 3.62. The Morgan fingerprint density at radius 3 is 2.40 bits per heavy atom. The molecule has 0 aliphatic carbocycles. The maximum absolute atomic E-state index is 5.13. The molecule has 0 radical (unpaired) electrons. The lowest BCUT2D eigenvalue weighted by Crippen LogP contribution is -1.96. The first-order valence-electron chi connectivity index (χ1n) is 5.08. The maximum atomic E-state index is 5.13. The van der Waals surface area contributed by atoms with Crippen molar-refractivity contribution < 1.29 is 4.74 Å². The van der Waals surface area contributed by atoms with Crippen molar-refractivity contribution in [1.82, 2.24) is 4.98 Å². The summed E-state index contributed by atoms with van der Waals surface area (Å²) in [6.45, 7) is 2.19. The van der Waals surface area contributed by atoms with E-state index in [4.69, 9.17) is 4.74 Å². The molecule has 1 aromatic heterocycles. The Hall–Kier alpha value is -1.70. The standard InChI is InChI=1S/C13H15NO/c1-10(13-4-3-9-14-13)11-5-7-12(15-2)8-6-11/h3-10,14H,1-2H3/t10-/m0/s1. The van der Waals surface area contributed by atoms with E-state index >= 15 is 0 Å². The van der Waals surface area contributed by atoms with Gasteiger partial charge in [-0.2, -0.15) is 0 Å². The first kappa shape index (κ1) is 9.84. The third kappa shape index (κ3) is 2.04. The molecule has 2 rings (SSSR count). The first-order chi connectivity index (χ1) is 7.31. The van der Waals surface area contributed by atoms with Gasteiger partial charge in [-0.25, -0.2) is 0 Å². The van der Waals surface area contributed by atoms with Crippen LogP contribution in [-0.4, -0.2) is 12.1 Å². The molecule has 0 amide bonds. The number of aromatic nitrogens is 1. The van der Waals surface area contributed by atoms with Crippen LogP contribution in [0.4, 0.5) is 0 Å². The highest BCUT2D eigenvalue weighted by Gasteiger charge is 2.08. The van der Waals surface area contributed by atoms with Crippen LogP contribution in [0.1, 0.15) is 24.1 Å². The predicted octanol–water partition coefficient (Wildman–Crippen LogP) is 3.18. The summed E-state index contributed by atoms with van der Waals surface area (Å²) < 4.78 is 5.13. The quantitative estimate of drug-likeness (QED) is 0.810. The molecule has 2 aromatic rings. The van der Waals surface area contributed by atoms with Gasteiger partial charge in [-0.1, -0.05) is 19.1 Å². The summed E-state index contributed by atoms with van der Waals surface area (Å²) in [6, 6.07) is 12.3. The molecule has 0 saturated carbocycles. The molecular formula is C13H15NO. The smallest absolute Gasteiger partial charge is 0.118 e. The van der Waals surface area contributed by atoms with E-state index in [1.54, 1.807) is 7.11 Å². The van der Waals surface area contributed by atoms with Gasteiger partial charge >= 0.3 is 0 Å². The van der Waals surface area contributed by atoms with E-state index in [1.807, 2.05) is 24.4 Å². The molecule has 0 aliphatic rings. The molecule has 0 aliphatic heterocycles. The number of H-pyrrole nitrogens is 1. The molecule has 1 aromatic carbocycles. The van der Waals surface area contributed by atoms with Gasteiger partial charge in [0.15, 0.2) is 0 Å². The van der Waals surface area contributed by atoms with Crippen molar-refractivity contribution in [3.63, 3.8) is 0 Å². The number of benzene rings is 1. The fraction of sp³-hybridized carbons (Fsp3) is 0.231. The van der Waals surface area contributed by atoms with Crippen LogP contribution in [0.2, 0.25) is 0 Å². The van der Waals surface area contributed by atoms with E-state index in [-0.39, 0.29) is 0 Å². The van der Waals surface area contributed by atoms with Crippen LogP contribution in [0.3, 0.4) is 0 Å². The number of aromatic amines is 1. The normalized spacial score (nSPS) is 12.4. The van der Waals surface area contributed by atoms with Gasteiger partial charge in [-0.05, 0) is 29.8 Å². The first-order valence-corrected chi connectivity index (χ1v) is 5.08. The van der Waals surface area contributed by atoms with Crippen LogP contribution in [0, 0.1) is 0 Å². The average molecular weight is 201 g/mol. The minimum absolute atomic E-state index is 0.394. The van der Waals surface area contributed by atoms with E-state index in [0.29, 0.717) is 5.92 Å². The monoisotopic (exact) mass is 201 g/mol. The Kier molecular flexibility index (Phi) is 2.77. The van der Waals surface area contributed by atoms with Crippen LogP contribution in [-0.2, 0) is 0 Å². The number of methoxy groups -OCH3 is 1. The fourth-order valence-corrected chi connectivity index (χ4v) is 1.69. The van der Waals surface area contributed by atoms with Crippen molar-refractivity contribution in [2.75, 3.05) is 7.11 Å². The summed E-state index contributed by atoms with van der Waals surface area (Å²) in [4.78, 5) is 3.23. The van der Waals surface area contributed by atoms with Crippen LogP contribution in [0.5, 0.6) is 5.75 Å². The minimum Gasteiger partial charge on any atom is -0.497 e. The number of rotatable bonds is 3. The zero-order chi connectivity index (χ0) is 10.7. The molecule has 0 fully saturated rings. The average Bonchev–Trinajstić information content (AvgIpc) is 2.82. The van der Waals surface area contributed by atoms with E-state index in [9.17, 15) is 0 Å². The molecule has 0 saturated heterocycles. The second-order valence-electron chi connectivity index (χ2n) is 3.62. The van der Waals surface area contributed by atoms with Gasteiger partial charge in [-0.3, -0.25) is 0 Å². The molecule has 15 heavy (non-hydrogen) atoms. The van der Waals surface area contributed by atoms with Gasteiger partial charge in [0, 0.05) is 17.8 Å². The molecule has 0 spiro atoms. The van der Waals surface area contributed by atoms with E-state index in [2.05, 4.69) is 30.1 Å². The predicted molar refractivity (Wildman–Crippen MR) is 61.3 cm³/mol. The van der Waals surface area contributed by atoms with Gasteiger partial charge < -0.3 is 9.72 Å². The molecule has 1 atom stereocenters. The van der Waals surface area contributed by atoms with Crippen molar-refractivity contribution in [3.8, 4) is 5.75 Å². The highest BCUT2D eigenvalue weighted by atomic mass is 16.5. The molecule has 0 unspecified atom stereocenters. The molecule has 78 valence electrons. The summed E-state index contributed by atoms with van der Waals surface area (Å²) in [5, 5.41) is 0. The van der Waals surface area contributed by atoms with Gasteiger partial charge in [0.05, 0.1) is 7.11 Å². The Labute approximate surface area is 89.9 Å². The van der Waals surface area contributed by atoms with Crippen molar-refractivity contribution in [1.29, 1.82) is 0 Å². The molecule has 1 N–H and O–H groups in total. The van der Waals surface area contributed by atoms with Gasteiger partial charge in [0.2, 0.25) is 0 Å². The maximum Gasteiger partial charge on any atom is 0.118 e. The van der Waals surface area contributed by atoms with Crippen molar-refractivity contribution in [2.24, 2.45) is 0 Å². The van der Waals surface area contributed by atoms with Crippen LogP contribution >= 0.6 is 0 Å². The Balaban J connectivity index is 2.22. The lowest BCUT2D eigenvalue weighted by Gasteiger charge is -2.10. The number of hydrogen-bond acceptors (Lipinski definition) is 1. The lowest BCUT2D eigenvalue weighted by molar-refractivity contribution is 0.414. The van der Waals surface area contributed by atoms with Gasteiger partial charge in [-0.15, -0.1) is 0 Å². The van der Waals surface area contributed by atoms with Crippen molar-refractivity contribution in [2.45, 2.75) is 12.8 Å².